The van der Waals surface area contributed by atoms with Crippen LogP contribution in [0.3, 0.4) is 0 Å². The molecule has 0 bridgehead atoms. The van der Waals surface area contributed by atoms with Crippen LogP contribution in [0, 0.1) is 11.3 Å². The van der Waals surface area contributed by atoms with E-state index in [1.807, 2.05) is 6.07 Å². The van der Waals surface area contributed by atoms with Crippen molar-refractivity contribution in [2.75, 3.05) is 12.4 Å². The minimum absolute atomic E-state index is 0.0209. The lowest BCUT2D eigenvalue weighted by Crippen LogP contribution is -2.13. The van der Waals surface area contributed by atoms with Gasteiger partial charge in [0.2, 0.25) is 0 Å². The van der Waals surface area contributed by atoms with E-state index in [1.54, 1.807) is 42.5 Å². The van der Waals surface area contributed by atoms with Gasteiger partial charge in [0.15, 0.2) is 11.5 Å². The fraction of sp³-hybridized carbons (Fsp3) is 0.0435. The molecule has 0 atom stereocenters. The highest BCUT2D eigenvalue weighted by atomic mass is 79.9. The standard InChI is InChI=1S/C23H16BrClN2O5S/c1-31-21-12-15(10-16(14-26)23(28)27-18-7-5-6-17(25)13-18)11-20(24)22(21)32-33(29,30)19-8-3-2-4-9-19/h2-13H,1H3,(H,27,28)/b16-10+. The Morgan fingerprint density at radius 3 is 2.48 bits per heavy atom. The van der Waals surface area contributed by atoms with E-state index in [-0.39, 0.29) is 26.4 Å². The first-order valence-corrected chi connectivity index (χ1v) is 11.9. The summed E-state index contributed by atoms with van der Waals surface area (Å²) in [6.45, 7) is 0. The average Bonchev–Trinajstić information content (AvgIpc) is 2.79. The van der Waals surface area contributed by atoms with E-state index in [1.165, 1.54) is 37.5 Å². The van der Waals surface area contributed by atoms with Crippen molar-refractivity contribution in [3.05, 3.63) is 87.4 Å². The molecular formula is C23H16BrClN2O5S. The van der Waals surface area contributed by atoms with E-state index in [0.717, 1.165) is 0 Å². The van der Waals surface area contributed by atoms with E-state index in [9.17, 15) is 18.5 Å². The lowest BCUT2D eigenvalue weighted by Gasteiger charge is -2.13. The number of carbonyl (C=O) groups excluding carboxylic acids is 1. The third kappa shape index (κ3) is 6.14. The van der Waals surface area contributed by atoms with Crippen LogP contribution in [0.4, 0.5) is 5.69 Å². The first-order chi connectivity index (χ1) is 15.7. The summed E-state index contributed by atoms with van der Waals surface area (Å²) in [7, 11) is -2.77. The van der Waals surface area contributed by atoms with Crippen molar-refractivity contribution in [1.82, 2.24) is 0 Å². The summed E-state index contributed by atoms with van der Waals surface area (Å²) in [5.74, 6) is -0.620. The lowest BCUT2D eigenvalue weighted by atomic mass is 10.1. The zero-order valence-corrected chi connectivity index (χ0v) is 20.2. The van der Waals surface area contributed by atoms with Crippen LogP contribution in [-0.4, -0.2) is 21.4 Å². The van der Waals surface area contributed by atoms with Crippen molar-refractivity contribution in [2.24, 2.45) is 0 Å². The van der Waals surface area contributed by atoms with Gasteiger partial charge in [0, 0.05) is 10.7 Å². The molecule has 1 N–H and O–H groups in total. The van der Waals surface area contributed by atoms with Gasteiger partial charge in [0.1, 0.15) is 16.5 Å². The first kappa shape index (κ1) is 24.3. The Kier molecular flexibility index (Phi) is 7.76. The van der Waals surface area contributed by atoms with Crippen molar-refractivity contribution < 1.29 is 22.1 Å². The average molecular weight is 548 g/mol. The summed E-state index contributed by atoms with van der Waals surface area (Å²) in [5, 5.41) is 12.5. The van der Waals surface area contributed by atoms with Crippen LogP contribution in [0.1, 0.15) is 5.56 Å². The SMILES string of the molecule is COc1cc(/C=C(\C#N)C(=O)Nc2cccc(Cl)c2)cc(Br)c1OS(=O)(=O)c1ccccc1. The highest BCUT2D eigenvalue weighted by Crippen LogP contribution is 2.39. The molecule has 0 aromatic heterocycles. The lowest BCUT2D eigenvalue weighted by molar-refractivity contribution is -0.112. The molecule has 7 nitrogen and oxygen atoms in total. The smallest absolute Gasteiger partial charge is 0.339 e. The Bertz CT molecular complexity index is 1370. The van der Waals surface area contributed by atoms with Gasteiger partial charge in [-0.25, -0.2) is 0 Å². The van der Waals surface area contributed by atoms with Crippen molar-refractivity contribution in [1.29, 1.82) is 5.26 Å². The van der Waals surface area contributed by atoms with Gasteiger partial charge in [-0.2, -0.15) is 13.7 Å². The number of nitrogens with one attached hydrogen (secondary N) is 1. The molecule has 0 aliphatic carbocycles. The Balaban J connectivity index is 1.91. The number of halogens is 2. The largest absolute Gasteiger partial charge is 0.493 e. The molecule has 0 aliphatic heterocycles. The minimum atomic E-state index is -4.11. The molecule has 0 fully saturated rings. The number of hydrogen-bond donors (Lipinski definition) is 1. The number of hydrogen-bond acceptors (Lipinski definition) is 6. The molecule has 0 saturated heterocycles. The highest BCUT2D eigenvalue weighted by molar-refractivity contribution is 9.10. The molecule has 0 unspecified atom stereocenters. The van der Waals surface area contributed by atoms with Crippen LogP contribution >= 0.6 is 27.5 Å². The maximum absolute atomic E-state index is 12.6. The zero-order valence-electron chi connectivity index (χ0n) is 17.1. The highest BCUT2D eigenvalue weighted by Gasteiger charge is 2.22. The Morgan fingerprint density at radius 1 is 1.12 bits per heavy atom. The minimum Gasteiger partial charge on any atom is -0.493 e. The Hall–Kier alpha value is -3.32. The van der Waals surface area contributed by atoms with Gasteiger partial charge in [-0.05, 0) is 70.0 Å². The molecule has 10 heteroatoms. The van der Waals surface area contributed by atoms with Gasteiger partial charge in [-0.1, -0.05) is 35.9 Å². The molecule has 0 heterocycles. The van der Waals surface area contributed by atoms with Gasteiger partial charge in [-0.15, -0.1) is 0 Å². The van der Waals surface area contributed by atoms with Crippen LogP contribution in [-0.2, 0) is 14.9 Å². The van der Waals surface area contributed by atoms with Crippen molar-refractivity contribution in [3.8, 4) is 17.6 Å². The second-order valence-corrected chi connectivity index (χ2v) is 9.36. The molecule has 0 spiro atoms. The fourth-order valence-corrected chi connectivity index (χ4v) is 4.55. The predicted octanol–water partition coefficient (Wildman–Crippen LogP) is 5.42. The predicted molar refractivity (Wildman–Crippen MR) is 129 cm³/mol. The Labute approximate surface area is 204 Å². The zero-order chi connectivity index (χ0) is 24.0. The van der Waals surface area contributed by atoms with E-state index in [0.29, 0.717) is 16.3 Å². The van der Waals surface area contributed by atoms with Gasteiger partial charge >= 0.3 is 10.1 Å². The molecule has 3 aromatic rings. The van der Waals surface area contributed by atoms with Crippen molar-refractivity contribution in [3.63, 3.8) is 0 Å². The number of rotatable bonds is 7. The maximum Gasteiger partial charge on any atom is 0.339 e. The number of carbonyl (C=O) groups is 1. The number of ether oxygens (including phenoxy) is 1. The number of amides is 1. The topological polar surface area (TPSA) is 105 Å². The molecule has 168 valence electrons. The van der Waals surface area contributed by atoms with Gasteiger partial charge in [-0.3, -0.25) is 4.79 Å². The molecule has 3 rings (SSSR count). The van der Waals surface area contributed by atoms with Crippen LogP contribution < -0.4 is 14.2 Å². The van der Waals surface area contributed by atoms with E-state index in [2.05, 4.69) is 21.2 Å². The molecule has 33 heavy (non-hydrogen) atoms. The van der Waals surface area contributed by atoms with Crippen molar-refractivity contribution in [2.45, 2.75) is 4.90 Å². The third-order valence-electron chi connectivity index (χ3n) is 4.24. The van der Waals surface area contributed by atoms with E-state index < -0.39 is 16.0 Å². The summed E-state index contributed by atoms with van der Waals surface area (Å²) < 4.78 is 36.0. The third-order valence-corrected chi connectivity index (χ3v) is 6.29. The molecule has 0 radical (unpaired) electrons. The maximum atomic E-state index is 12.6. The molecular weight excluding hydrogens is 532 g/mol. The van der Waals surface area contributed by atoms with Gasteiger partial charge in [0.25, 0.3) is 5.91 Å². The number of methoxy groups -OCH3 is 1. The molecule has 1 amide bonds. The molecule has 3 aromatic carbocycles. The number of nitriles is 1. The van der Waals surface area contributed by atoms with Gasteiger partial charge in [0.05, 0.1) is 11.6 Å². The van der Waals surface area contributed by atoms with Gasteiger partial charge < -0.3 is 14.2 Å². The van der Waals surface area contributed by atoms with Crippen LogP contribution in [0.25, 0.3) is 6.08 Å². The molecule has 0 aliphatic rings. The first-order valence-electron chi connectivity index (χ1n) is 9.29. The summed E-state index contributed by atoms with van der Waals surface area (Å²) in [6, 6.07) is 19.0. The van der Waals surface area contributed by atoms with Crippen molar-refractivity contribution >= 4 is 55.3 Å². The fourth-order valence-electron chi connectivity index (χ4n) is 2.73. The number of nitrogens with zero attached hydrogens (tertiary/aromatic N) is 1. The number of benzene rings is 3. The van der Waals surface area contributed by atoms with E-state index in [4.69, 9.17) is 20.5 Å². The van der Waals surface area contributed by atoms with Crippen LogP contribution in [0.15, 0.2) is 81.7 Å². The second-order valence-electron chi connectivity index (χ2n) is 6.52. The quantitative estimate of drug-likeness (QED) is 0.240. The summed E-state index contributed by atoms with van der Waals surface area (Å²) in [5.41, 5.74) is 0.651. The van der Waals surface area contributed by atoms with Crippen LogP contribution in [0.2, 0.25) is 5.02 Å². The summed E-state index contributed by atoms with van der Waals surface area (Å²) in [6.07, 6.45) is 1.34. The van der Waals surface area contributed by atoms with Crippen LogP contribution in [0.5, 0.6) is 11.5 Å². The summed E-state index contributed by atoms with van der Waals surface area (Å²) >= 11 is 9.20. The Morgan fingerprint density at radius 2 is 1.85 bits per heavy atom. The monoisotopic (exact) mass is 546 g/mol. The number of anilines is 1. The van der Waals surface area contributed by atoms with E-state index >= 15 is 0 Å². The summed E-state index contributed by atoms with van der Waals surface area (Å²) in [4.78, 5) is 12.5. The normalized spacial score (nSPS) is 11.4. The second kappa shape index (κ2) is 10.5. The molecule has 0 saturated carbocycles.